The fraction of sp³-hybridized carbons (Fsp3) is 0.500. The van der Waals surface area contributed by atoms with Crippen molar-refractivity contribution in [2.75, 3.05) is 19.8 Å². The number of rotatable bonds is 6. The summed E-state index contributed by atoms with van der Waals surface area (Å²) in [5.41, 5.74) is 0. The van der Waals surface area contributed by atoms with Gasteiger partial charge in [-0.05, 0) is 5.92 Å². The molecule has 0 atom stereocenters. The molecular weight excluding hydrogens is 271 g/mol. The van der Waals surface area contributed by atoms with Crippen LogP contribution in [-0.2, 0) is 4.74 Å². The summed E-state index contributed by atoms with van der Waals surface area (Å²) in [7, 11) is 0. The first kappa shape index (κ1) is 15.7. The molecule has 2 nitrogen and oxygen atoms in total. The number of halogens is 5. The summed E-state index contributed by atoms with van der Waals surface area (Å²) in [5.74, 6) is -11.3. The zero-order valence-electron chi connectivity index (χ0n) is 10.4. The van der Waals surface area contributed by atoms with Crippen LogP contribution in [0.2, 0.25) is 0 Å². The average molecular weight is 284 g/mol. The first-order valence-corrected chi connectivity index (χ1v) is 5.58. The van der Waals surface area contributed by atoms with Gasteiger partial charge >= 0.3 is 0 Å². The topological polar surface area (TPSA) is 18.5 Å². The highest BCUT2D eigenvalue weighted by Crippen LogP contribution is 2.28. The molecule has 0 radical (unpaired) electrons. The Balaban J connectivity index is 2.69. The van der Waals surface area contributed by atoms with Crippen LogP contribution in [0.4, 0.5) is 22.0 Å². The van der Waals surface area contributed by atoms with Crippen LogP contribution in [0.25, 0.3) is 0 Å². The predicted octanol–water partition coefficient (Wildman–Crippen LogP) is 3.43. The van der Waals surface area contributed by atoms with E-state index in [1.807, 2.05) is 13.8 Å². The highest BCUT2D eigenvalue weighted by molar-refractivity contribution is 5.29. The van der Waals surface area contributed by atoms with E-state index in [-0.39, 0.29) is 19.1 Å². The Bertz CT molecular complexity index is 419. The fourth-order valence-corrected chi connectivity index (χ4v) is 1.23. The highest BCUT2D eigenvalue weighted by atomic mass is 19.2. The van der Waals surface area contributed by atoms with Crippen molar-refractivity contribution in [3.63, 3.8) is 0 Å². The van der Waals surface area contributed by atoms with E-state index in [0.29, 0.717) is 6.61 Å². The summed E-state index contributed by atoms with van der Waals surface area (Å²) in [4.78, 5) is 0. The van der Waals surface area contributed by atoms with E-state index in [9.17, 15) is 22.0 Å². The Morgan fingerprint density at radius 3 is 1.74 bits per heavy atom. The van der Waals surface area contributed by atoms with Gasteiger partial charge < -0.3 is 9.47 Å². The van der Waals surface area contributed by atoms with Crippen molar-refractivity contribution in [1.82, 2.24) is 0 Å². The van der Waals surface area contributed by atoms with Gasteiger partial charge in [0.2, 0.25) is 29.1 Å². The normalized spacial score (nSPS) is 11.2. The summed E-state index contributed by atoms with van der Waals surface area (Å²) in [5, 5.41) is 0. The number of ether oxygens (including phenoxy) is 2. The maximum absolute atomic E-state index is 13.2. The second kappa shape index (κ2) is 6.70. The van der Waals surface area contributed by atoms with Crippen molar-refractivity contribution in [2.45, 2.75) is 13.8 Å². The minimum atomic E-state index is -2.21. The van der Waals surface area contributed by atoms with E-state index in [1.54, 1.807) is 0 Å². The Hall–Kier alpha value is -1.37. The maximum atomic E-state index is 13.2. The van der Waals surface area contributed by atoms with Gasteiger partial charge in [-0.2, -0.15) is 8.78 Å². The van der Waals surface area contributed by atoms with E-state index in [4.69, 9.17) is 4.74 Å². The zero-order valence-corrected chi connectivity index (χ0v) is 10.4. The summed E-state index contributed by atoms with van der Waals surface area (Å²) in [6, 6.07) is 0. The van der Waals surface area contributed by atoms with Gasteiger partial charge in [0.15, 0.2) is 5.75 Å². The van der Waals surface area contributed by atoms with Crippen molar-refractivity contribution in [2.24, 2.45) is 5.92 Å². The molecule has 0 aromatic heterocycles. The van der Waals surface area contributed by atoms with Gasteiger partial charge in [0.05, 0.1) is 6.61 Å². The molecule has 0 aliphatic heterocycles. The van der Waals surface area contributed by atoms with Crippen LogP contribution >= 0.6 is 0 Å². The lowest BCUT2D eigenvalue weighted by molar-refractivity contribution is 0.0787. The minimum absolute atomic E-state index is 0.0162. The van der Waals surface area contributed by atoms with Crippen LogP contribution in [0.1, 0.15) is 13.8 Å². The van der Waals surface area contributed by atoms with Crippen LogP contribution in [-0.4, -0.2) is 19.8 Å². The molecule has 1 aromatic rings. The van der Waals surface area contributed by atoms with Crippen LogP contribution in [0.3, 0.4) is 0 Å². The van der Waals surface area contributed by atoms with Gasteiger partial charge in [-0.25, -0.2) is 13.2 Å². The lowest BCUT2D eigenvalue weighted by atomic mass is 10.2. The molecule has 0 saturated heterocycles. The molecule has 0 heterocycles. The Labute approximate surface area is 107 Å². The monoisotopic (exact) mass is 284 g/mol. The van der Waals surface area contributed by atoms with Gasteiger partial charge in [-0.1, -0.05) is 13.8 Å². The van der Waals surface area contributed by atoms with Gasteiger partial charge in [0, 0.05) is 6.61 Å². The molecule has 0 fully saturated rings. The number of hydrogen-bond donors (Lipinski definition) is 0. The third-order valence-electron chi connectivity index (χ3n) is 2.09. The third kappa shape index (κ3) is 3.79. The molecule has 0 aliphatic carbocycles. The summed E-state index contributed by atoms with van der Waals surface area (Å²) < 4.78 is 74.2. The van der Waals surface area contributed by atoms with Gasteiger partial charge in [-0.15, -0.1) is 0 Å². The molecule has 19 heavy (non-hydrogen) atoms. The summed E-state index contributed by atoms with van der Waals surface area (Å²) >= 11 is 0. The third-order valence-corrected chi connectivity index (χ3v) is 2.09. The quantitative estimate of drug-likeness (QED) is 0.345. The van der Waals surface area contributed by atoms with Crippen LogP contribution in [0.15, 0.2) is 0 Å². The molecule has 108 valence electrons. The standard InChI is InChI=1S/C12H13F5O2/c1-6(2)5-18-3-4-19-12-10(16)8(14)7(13)9(15)11(12)17/h6H,3-5H2,1-2H3. The molecule has 0 bridgehead atoms. The van der Waals surface area contributed by atoms with E-state index >= 15 is 0 Å². The molecule has 0 amide bonds. The molecule has 7 heteroatoms. The molecule has 0 aliphatic rings. The Kier molecular flexibility index (Phi) is 5.53. The molecule has 0 N–H and O–H groups in total. The Morgan fingerprint density at radius 1 is 0.789 bits per heavy atom. The molecule has 0 unspecified atom stereocenters. The molecule has 1 aromatic carbocycles. The van der Waals surface area contributed by atoms with Gasteiger partial charge in [0.1, 0.15) is 6.61 Å². The van der Waals surface area contributed by atoms with Crippen molar-refractivity contribution in [1.29, 1.82) is 0 Å². The SMILES string of the molecule is CC(C)COCCOc1c(F)c(F)c(F)c(F)c1F. The average Bonchev–Trinajstić information content (AvgIpc) is 2.37. The Morgan fingerprint density at radius 2 is 1.26 bits per heavy atom. The number of benzene rings is 1. The van der Waals surface area contributed by atoms with E-state index in [0.717, 1.165) is 0 Å². The van der Waals surface area contributed by atoms with E-state index in [2.05, 4.69) is 4.74 Å². The van der Waals surface area contributed by atoms with Crippen molar-refractivity contribution < 1.29 is 31.4 Å². The van der Waals surface area contributed by atoms with Crippen molar-refractivity contribution in [3.05, 3.63) is 29.1 Å². The summed E-state index contributed by atoms with van der Waals surface area (Å²) in [6.07, 6.45) is 0. The fourth-order valence-electron chi connectivity index (χ4n) is 1.23. The molecule has 0 saturated carbocycles. The minimum Gasteiger partial charge on any atom is -0.485 e. The lowest BCUT2D eigenvalue weighted by Crippen LogP contribution is -2.13. The van der Waals surface area contributed by atoms with Crippen LogP contribution in [0, 0.1) is 35.0 Å². The van der Waals surface area contributed by atoms with Crippen molar-refractivity contribution >= 4 is 0 Å². The van der Waals surface area contributed by atoms with E-state index in [1.165, 1.54) is 0 Å². The maximum Gasteiger partial charge on any atom is 0.206 e. The van der Waals surface area contributed by atoms with Crippen molar-refractivity contribution in [3.8, 4) is 5.75 Å². The molecule has 1 rings (SSSR count). The molecular formula is C12H13F5O2. The first-order chi connectivity index (χ1) is 8.86. The van der Waals surface area contributed by atoms with Crippen LogP contribution in [0.5, 0.6) is 5.75 Å². The largest absolute Gasteiger partial charge is 0.485 e. The number of hydrogen-bond acceptors (Lipinski definition) is 2. The first-order valence-electron chi connectivity index (χ1n) is 5.58. The summed E-state index contributed by atoms with van der Waals surface area (Å²) in [6.45, 7) is 3.86. The van der Waals surface area contributed by atoms with Gasteiger partial charge in [0.25, 0.3) is 0 Å². The second-order valence-corrected chi connectivity index (χ2v) is 4.22. The van der Waals surface area contributed by atoms with E-state index < -0.39 is 34.8 Å². The predicted molar refractivity (Wildman–Crippen MR) is 57.4 cm³/mol. The van der Waals surface area contributed by atoms with Gasteiger partial charge in [-0.3, -0.25) is 0 Å². The van der Waals surface area contributed by atoms with Crippen LogP contribution < -0.4 is 4.74 Å². The smallest absolute Gasteiger partial charge is 0.206 e. The zero-order chi connectivity index (χ0) is 14.6. The second-order valence-electron chi connectivity index (χ2n) is 4.22. The lowest BCUT2D eigenvalue weighted by Gasteiger charge is -2.11. The highest BCUT2D eigenvalue weighted by Gasteiger charge is 2.26. The molecule has 0 spiro atoms.